The summed E-state index contributed by atoms with van der Waals surface area (Å²) in [5.74, 6) is 0.338. The van der Waals surface area contributed by atoms with Gasteiger partial charge in [0.05, 0.1) is 5.69 Å². The fraction of sp³-hybridized carbons (Fsp3) is 0.562. The van der Waals surface area contributed by atoms with Crippen molar-refractivity contribution in [3.63, 3.8) is 0 Å². The number of anilines is 1. The van der Waals surface area contributed by atoms with Gasteiger partial charge in [-0.2, -0.15) is 0 Å². The molecule has 1 N–H and O–H groups in total. The number of carbonyl (C=O) groups excluding carboxylic acids is 1. The summed E-state index contributed by atoms with van der Waals surface area (Å²) in [6.45, 7) is 4.32. The van der Waals surface area contributed by atoms with Gasteiger partial charge < -0.3 is 5.32 Å². The van der Waals surface area contributed by atoms with Gasteiger partial charge in [0.25, 0.3) is 0 Å². The number of hydrogen-bond donors (Lipinski definition) is 1. The van der Waals surface area contributed by atoms with E-state index in [9.17, 15) is 9.18 Å². The van der Waals surface area contributed by atoms with Gasteiger partial charge >= 0.3 is 0 Å². The third-order valence-corrected chi connectivity index (χ3v) is 4.91. The minimum absolute atomic E-state index is 0.105. The molecule has 2 nitrogen and oxygen atoms in total. The van der Waals surface area contributed by atoms with Crippen molar-refractivity contribution in [2.75, 3.05) is 5.32 Å². The van der Waals surface area contributed by atoms with E-state index in [-0.39, 0.29) is 17.1 Å². The Morgan fingerprint density at radius 3 is 2.60 bits per heavy atom. The zero-order valence-corrected chi connectivity index (χ0v) is 14.2. The minimum atomic E-state index is -0.273. The van der Waals surface area contributed by atoms with Crippen LogP contribution in [0.4, 0.5) is 10.1 Å². The molecule has 1 aliphatic rings. The van der Waals surface area contributed by atoms with Crippen molar-refractivity contribution in [1.29, 1.82) is 0 Å². The Hall–Kier alpha value is -0.650. The maximum Gasteiger partial charge on any atom is 0.230 e. The highest BCUT2D eigenvalue weighted by molar-refractivity contribution is 14.1. The molecular formula is C16H21FINO. The molecule has 0 heterocycles. The van der Waals surface area contributed by atoms with Crippen LogP contribution in [0, 0.1) is 20.7 Å². The smallest absolute Gasteiger partial charge is 0.230 e. The number of amides is 1. The standard InChI is InChI=1S/C16H21FINO/c1-11(2)10-16(7-3-4-8-16)15(20)19-14-6-5-12(17)9-13(14)18/h5-6,9,11H,3-4,7-8,10H2,1-2H3,(H,19,20). The molecule has 0 radical (unpaired) electrons. The van der Waals surface area contributed by atoms with E-state index in [0.29, 0.717) is 11.6 Å². The second-order valence-corrected chi connectivity index (χ2v) is 7.33. The van der Waals surface area contributed by atoms with Gasteiger partial charge in [-0.15, -0.1) is 0 Å². The highest BCUT2D eigenvalue weighted by atomic mass is 127. The van der Waals surface area contributed by atoms with Crippen LogP contribution in [0.2, 0.25) is 0 Å². The van der Waals surface area contributed by atoms with Crippen molar-refractivity contribution in [2.45, 2.75) is 46.0 Å². The van der Waals surface area contributed by atoms with Gasteiger partial charge in [-0.25, -0.2) is 4.39 Å². The van der Waals surface area contributed by atoms with E-state index >= 15 is 0 Å². The van der Waals surface area contributed by atoms with E-state index < -0.39 is 0 Å². The van der Waals surface area contributed by atoms with E-state index in [1.54, 1.807) is 6.07 Å². The topological polar surface area (TPSA) is 29.1 Å². The second-order valence-electron chi connectivity index (χ2n) is 6.16. The molecule has 0 unspecified atom stereocenters. The molecule has 1 saturated carbocycles. The second kappa shape index (κ2) is 6.41. The van der Waals surface area contributed by atoms with Crippen molar-refractivity contribution in [2.24, 2.45) is 11.3 Å². The molecule has 1 aromatic rings. The number of benzene rings is 1. The van der Waals surface area contributed by atoms with Crippen molar-refractivity contribution in [1.82, 2.24) is 0 Å². The summed E-state index contributed by atoms with van der Waals surface area (Å²) < 4.78 is 13.9. The van der Waals surface area contributed by atoms with Crippen LogP contribution >= 0.6 is 22.6 Å². The van der Waals surface area contributed by atoms with Crippen LogP contribution in [0.15, 0.2) is 18.2 Å². The van der Waals surface area contributed by atoms with Gasteiger partial charge in [0.2, 0.25) is 5.91 Å². The molecule has 110 valence electrons. The lowest BCUT2D eigenvalue weighted by molar-refractivity contribution is -0.126. The summed E-state index contributed by atoms with van der Waals surface area (Å²) in [5.41, 5.74) is 0.484. The zero-order chi connectivity index (χ0) is 14.8. The van der Waals surface area contributed by atoms with Gasteiger partial charge in [-0.05, 0) is 66.0 Å². The van der Waals surface area contributed by atoms with Gasteiger partial charge in [0.15, 0.2) is 0 Å². The van der Waals surface area contributed by atoms with Crippen molar-refractivity contribution >= 4 is 34.2 Å². The average Bonchev–Trinajstić information content (AvgIpc) is 2.81. The Bertz CT molecular complexity index is 495. The van der Waals surface area contributed by atoms with E-state index in [0.717, 1.165) is 35.7 Å². The molecule has 1 amide bonds. The molecule has 0 atom stereocenters. The lowest BCUT2D eigenvalue weighted by Gasteiger charge is -2.29. The van der Waals surface area contributed by atoms with Crippen molar-refractivity contribution < 1.29 is 9.18 Å². The molecule has 0 spiro atoms. The van der Waals surface area contributed by atoms with Gasteiger partial charge in [-0.3, -0.25) is 4.79 Å². The Balaban J connectivity index is 2.16. The molecular weight excluding hydrogens is 368 g/mol. The molecule has 1 fully saturated rings. The first-order valence-electron chi connectivity index (χ1n) is 7.19. The molecule has 0 saturated heterocycles. The SMILES string of the molecule is CC(C)CC1(C(=O)Nc2ccc(F)cc2I)CCCC1. The fourth-order valence-electron chi connectivity index (χ4n) is 3.20. The predicted octanol–water partition coefficient (Wildman–Crippen LogP) is 4.98. The summed E-state index contributed by atoms with van der Waals surface area (Å²) in [5, 5.41) is 3.01. The summed E-state index contributed by atoms with van der Waals surface area (Å²) in [6, 6.07) is 4.48. The molecule has 4 heteroatoms. The van der Waals surface area contributed by atoms with E-state index in [1.165, 1.54) is 12.1 Å². The number of halogens is 2. The normalized spacial score (nSPS) is 17.4. The van der Waals surface area contributed by atoms with Gasteiger partial charge in [0.1, 0.15) is 5.82 Å². The van der Waals surface area contributed by atoms with Crippen LogP contribution in [0.5, 0.6) is 0 Å². The van der Waals surface area contributed by atoms with Gasteiger partial charge in [-0.1, -0.05) is 26.7 Å². The van der Waals surface area contributed by atoms with Crippen molar-refractivity contribution in [3.8, 4) is 0 Å². The van der Waals surface area contributed by atoms with E-state index in [2.05, 4.69) is 41.8 Å². The zero-order valence-electron chi connectivity index (χ0n) is 12.0. The van der Waals surface area contributed by atoms with Crippen LogP contribution < -0.4 is 5.32 Å². The van der Waals surface area contributed by atoms with Crippen LogP contribution in [0.3, 0.4) is 0 Å². The molecule has 20 heavy (non-hydrogen) atoms. The first-order valence-corrected chi connectivity index (χ1v) is 8.27. The van der Waals surface area contributed by atoms with Crippen LogP contribution in [0.1, 0.15) is 46.0 Å². The molecule has 0 bridgehead atoms. The predicted molar refractivity (Wildman–Crippen MR) is 88.1 cm³/mol. The largest absolute Gasteiger partial charge is 0.325 e. The fourth-order valence-corrected chi connectivity index (χ4v) is 3.82. The van der Waals surface area contributed by atoms with Crippen molar-refractivity contribution in [3.05, 3.63) is 27.6 Å². The minimum Gasteiger partial charge on any atom is -0.325 e. The quantitative estimate of drug-likeness (QED) is 0.724. The van der Waals surface area contributed by atoms with E-state index in [4.69, 9.17) is 0 Å². The molecule has 1 aliphatic carbocycles. The van der Waals surface area contributed by atoms with Crippen LogP contribution in [-0.4, -0.2) is 5.91 Å². The third-order valence-electron chi connectivity index (χ3n) is 4.02. The van der Waals surface area contributed by atoms with E-state index in [1.807, 2.05) is 0 Å². The number of rotatable bonds is 4. The number of nitrogens with one attached hydrogen (secondary N) is 1. The number of carbonyl (C=O) groups is 1. The lowest BCUT2D eigenvalue weighted by Crippen LogP contribution is -2.35. The Labute approximate surface area is 133 Å². The number of hydrogen-bond acceptors (Lipinski definition) is 1. The maximum absolute atomic E-state index is 13.1. The maximum atomic E-state index is 13.1. The molecule has 2 rings (SSSR count). The highest BCUT2D eigenvalue weighted by Crippen LogP contribution is 2.44. The van der Waals surface area contributed by atoms with Gasteiger partial charge in [0, 0.05) is 8.99 Å². The Morgan fingerprint density at radius 1 is 1.40 bits per heavy atom. The first-order chi connectivity index (χ1) is 9.43. The Kier molecular flexibility index (Phi) is 5.04. The van der Waals surface area contributed by atoms with Crippen LogP contribution in [-0.2, 0) is 4.79 Å². The summed E-state index contributed by atoms with van der Waals surface area (Å²) >= 11 is 2.06. The molecule has 0 aromatic heterocycles. The summed E-state index contributed by atoms with van der Waals surface area (Å²) in [7, 11) is 0. The first kappa shape index (κ1) is 15.7. The summed E-state index contributed by atoms with van der Waals surface area (Å²) in [6.07, 6.45) is 5.11. The average molecular weight is 389 g/mol. The lowest BCUT2D eigenvalue weighted by atomic mass is 9.77. The summed E-state index contributed by atoms with van der Waals surface area (Å²) in [4.78, 5) is 12.7. The monoisotopic (exact) mass is 389 g/mol. The van der Waals surface area contributed by atoms with Crippen LogP contribution in [0.25, 0.3) is 0 Å². The third kappa shape index (κ3) is 3.51. The molecule has 1 aromatic carbocycles. The highest BCUT2D eigenvalue weighted by Gasteiger charge is 2.41. The Morgan fingerprint density at radius 2 is 2.05 bits per heavy atom. The molecule has 0 aliphatic heterocycles.